The van der Waals surface area contributed by atoms with Gasteiger partial charge in [0.1, 0.15) is 11.4 Å². The van der Waals surface area contributed by atoms with Gasteiger partial charge in [-0.1, -0.05) is 0 Å². The lowest BCUT2D eigenvalue weighted by atomic mass is 9.90. The molecule has 2 aromatic carbocycles. The quantitative estimate of drug-likeness (QED) is 0.352. The lowest BCUT2D eigenvalue weighted by Crippen LogP contribution is -2.16. The molecule has 0 N–H and O–H groups in total. The largest absolute Gasteiger partial charge is 0.497 e. The highest BCUT2D eigenvalue weighted by Crippen LogP contribution is 2.30. The van der Waals surface area contributed by atoms with Crippen LogP contribution in [0.4, 0.5) is 11.4 Å². The fraction of sp³-hybridized carbons (Fsp3) is 0.385. The minimum atomic E-state index is -0.0534. The van der Waals surface area contributed by atoms with Gasteiger partial charge in [-0.3, -0.25) is 4.79 Å². The van der Waals surface area contributed by atoms with Gasteiger partial charge in [-0.15, -0.1) is 16.9 Å². The number of aryl methyl sites for hydroxylation is 1. The molecule has 0 aliphatic carbocycles. The highest BCUT2D eigenvalue weighted by atomic mass is 32.2. The molecule has 0 aliphatic rings. The summed E-state index contributed by atoms with van der Waals surface area (Å²) >= 11 is 1.62. The Balaban J connectivity index is 1.71. The zero-order chi connectivity index (χ0) is 24.3. The molecule has 1 aromatic heterocycles. The van der Waals surface area contributed by atoms with Crippen LogP contribution in [0.25, 0.3) is 0 Å². The van der Waals surface area contributed by atoms with Crippen LogP contribution in [-0.2, 0) is 5.75 Å². The number of carbonyl (C=O) groups excluding carboxylic acids is 1. The number of carbonyl (C=O) groups is 1. The van der Waals surface area contributed by atoms with E-state index in [1.54, 1.807) is 18.9 Å². The van der Waals surface area contributed by atoms with Crippen LogP contribution in [0, 0.1) is 48.5 Å². The molecule has 0 radical (unpaired) electrons. The molecule has 0 saturated heterocycles. The summed E-state index contributed by atoms with van der Waals surface area (Å²) in [6.07, 6.45) is 0. The van der Waals surface area contributed by atoms with Gasteiger partial charge in [-0.05, 0) is 106 Å². The first kappa shape index (κ1) is 24.7. The van der Waals surface area contributed by atoms with Gasteiger partial charge < -0.3 is 4.74 Å². The predicted molar refractivity (Wildman–Crippen MR) is 136 cm³/mol. The molecule has 0 unspecified atom stereocenters. The fourth-order valence-corrected chi connectivity index (χ4v) is 4.91. The van der Waals surface area contributed by atoms with Crippen molar-refractivity contribution >= 4 is 29.0 Å². The van der Waals surface area contributed by atoms with E-state index in [4.69, 9.17) is 4.74 Å². The Bertz CT molecular complexity index is 1180. The van der Waals surface area contributed by atoms with E-state index in [1.165, 1.54) is 38.1 Å². The van der Waals surface area contributed by atoms with Gasteiger partial charge in [0.05, 0.1) is 29.9 Å². The maximum Gasteiger partial charge on any atom is 0.257 e. The van der Waals surface area contributed by atoms with Crippen molar-refractivity contribution in [2.24, 2.45) is 10.2 Å². The standard InChI is InChI=1S/C26H32N4O2S/c1-15-16(2)18(4)24(19(5)17(15)3)13-33-14-25(31)30-21(7)26(20(6)29-30)28-27-22-9-11-23(32-8)12-10-22/h9-12H,13-14H2,1-8H3. The molecule has 0 atom stereocenters. The molecule has 0 bridgehead atoms. The highest BCUT2D eigenvalue weighted by Gasteiger charge is 2.18. The van der Waals surface area contributed by atoms with Crippen molar-refractivity contribution in [2.45, 2.75) is 54.2 Å². The molecular weight excluding hydrogens is 432 g/mol. The van der Waals surface area contributed by atoms with Crippen molar-refractivity contribution < 1.29 is 9.53 Å². The van der Waals surface area contributed by atoms with Gasteiger partial charge in [-0.25, -0.2) is 4.68 Å². The first-order valence-corrected chi connectivity index (χ1v) is 12.1. The maximum absolute atomic E-state index is 12.9. The van der Waals surface area contributed by atoms with E-state index in [9.17, 15) is 4.79 Å². The second-order valence-electron chi connectivity index (χ2n) is 8.32. The molecule has 7 heteroatoms. The Morgan fingerprint density at radius 2 is 1.48 bits per heavy atom. The van der Waals surface area contributed by atoms with Crippen LogP contribution >= 0.6 is 11.8 Å². The molecule has 1 heterocycles. The smallest absolute Gasteiger partial charge is 0.257 e. The SMILES string of the molecule is COc1ccc(N=Nc2c(C)nn(C(=O)CSCc3c(C)c(C)c(C)c(C)c3C)c2C)cc1. The van der Waals surface area contributed by atoms with Crippen molar-refractivity contribution in [1.29, 1.82) is 0 Å². The summed E-state index contributed by atoms with van der Waals surface area (Å²) in [6, 6.07) is 7.33. The van der Waals surface area contributed by atoms with Crippen LogP contribution in [-0.4, -0.2) is 28.6 Å². The summed E-state index contributed by atoms with van der Waals surface area (Å²) < 4.78 is 6.62. The van der Waals surface area contributed by atoms with Gasteiger partial charge in [0.15, 0.2) is 0 Å². The van der Waals surface area contributed by atoms with Crippen molar-refractivity contribution in [2.75, 3.05) is 12.9 Å². The molecule has 33 heavy (non-hydrogen) atoms. The summed E-state index contributed by atoms with van der Waals surface area (Å²) in [5.41, 5.74) is 10.7. The number of rotatable bonds is 7. The van der Waals surface area contributed by atoms with E-state index < -0.39 is 0 Å². The molecule has 6 nitrogen and oxygen atoms in total. The van der Waals surface area contributed by atoms with E-state index in [0.717, 1.165) is 11.5 Å². The monoisotopic (exact) mass is 464 g/mol. The van der Waals surface area contributed by atoms with Gasteiger partial charge in [-0.2, -0.15) is 10.2 Å². The Kier molecular flexibility index (Phi) is 7.74. The molecular formula is C26H32N4O2S. The number of thioether (sulfide) groups is 1. The van der Waals surface area contributed by atoms with Gasteiger partial charge in [0.2, 0.25) is 0 Å². The average molecular weight is 465 g/mol. The molecule has 0 aliphatic heterocycles. The van der Waals surface area contributed by atoms with Crippen LogP contribution in [0.1, 0.15) is 49.6 Å². The summed E-state index contributed by atoms with van der Waals surface area (Å²) in [4.78, 5) is 12.9. The Labute approximate surface area is 200 Å². The maximum atomic E-state index is 12.9. The van der Waals surface area contributed by atoms with Gasteiger partial charge in [0, 0.05) is 5.75 Å². The number of azo groups is 1. The van der Waals surface area contributed by atoms with E-state index in [0.29, 0.717) is 28.5 Å². The second kappa shape index (κ2) is 10.3. The van der Waals surface area contributed by atoms with E-state index in [2.05, 4.69) is 49.9 Å². The molecule has 3 rings (SSSR count). The fourth-order valence-electron chi connectivity index (χ4n) is 3.87. The van der Waals surface area contributed by atoms with Crippen LogP contribution in [0.15, 0.2) is 34.5 Å². The van der Waals surface area contributed by atoms with Crippen molar-refractivity contribution in [3.8, 4) is 5.75 Å². The third-order valence-electron chi connectivity index (χ3n) is 6.45. The number of hydrogen-bond donors (Lipinski definition) is 0. The number of benzene rings is 2. The van der Waals surface area contributed by atoms with Gasteiger partial charge >= 0.3 is 0 Å². The molecule has 0 fully saturated rings. The number of hydrogen-bond acceptors (Lipinski definition) is 6. The molecule has 0 amide bonds. The summed E-state index contributed by atoms with van der Waals surface area (Å²) in [6.45, 7) is 14.6. The Hall–Kier alpha value is -2.93. The topological polar surface area (TPSA) is 68.8 Å². The van der Waals surface area contributed by atoms with Gasteiger partial charge in [0.25, 0.3) is 5.91 Å². The zero-order valence-electron chi connectivity index (χ0n) is 20.7. The highest BCUT2D eigenvalue weighted by molar-refractivity contribution is 7.99. The third-order valence-corrected chi connectivity index (χ3v) is 7.40. The summed E-state index contributed by atoms with van der Waals surface area (Å²) in [7, 11) is 1.62. The third kappa shape index (κ3) is 5.19. The summed E-state index contributed by atoms with van der Waals surface area (Å²) in [5.74, 6) is 1.86. The Morgan fingerprint density at radius 1 is 0.909 bits per heavy atom. The van der Waals surface area contributed by atoms with Crippen LogP contribution < -0.4 is 4.74 Å². The van der Waals surface area contributed by atoms with Crippen LogP contribution in [0.2, 0.25) is 0 Å². The second-order valence-corrected chi connectivity index (χ2v) is 9.30. The minimum absolute atomic E-state index is 0.0534. The Morgan fingerprint density at radius 3 is 2.06 bits per heavy atom. The van der Waals surface area contributed by atoms with E-state index >= 15 is 0 Å². The van der Waals surface area contributed by atoms with Crippen molar-refractivity contribution in [1.82, 2.24) is 9.78 Å². The van der Waals surface area contributed by atoms with Crippen LogP contribution in [0.3, 0.4) is 0 Å². The first-order valence-electron chi connectivity index (χ1n) is 10.9. The molecule has 3 aromatic rings. The molecule has 0 spiro atoms. The first-order chi connectivity index (χ1) is 15.6. The van der Waals surface area contributed by atoms with E-state index in [-0.39, 0.29) is 5.91 Å². The molecule has 0 saturated carbocycles. The zero-order valence-corrected chi connectivity index (χ0v) is 21.6. The van der Waals surface area contributed by atoms with Crippen molar-refractivity contribution in [3.63, 3.8) is 0 Å². The number of ether oxygens (including phenoxy) is 1. The van der Waals surface area contributed by atoms with Crippen molar-refractivity contribution in [3.05, 3.63) is 69.0 Å². The number of nitrogens with zero attached hydrogens (tertiary/aromatic N) is 4. The van der Waals surface area contributed by atoms with E-state index in [1.807, 2.05) is 38.1 Å². The lowest BCUT2D eigenvalue weighted by Gasteiger charge is -2.18. The summed E-state index contributed by atoms with van der Waals surface area (Å²) in [5, 5.41) is 13.1. The van der Waals surface area contributed by atoms with Crippen LogP contribution in [0.5, 0.6) is 5.75 Å². The average Bonchev–Trinajstić information content (AvgIpc) is 3.10. The predicted octanol–water partition coefficient (Wildman–Crippen LogP) is 7.04. The minimum Gasteiger partial charge on any atom is -0.497 e. The number of aromatic nitrogens is 2. The number of methoxy groups -OCH3 is 1. The molecule has 174 valence electrons. The lowest BCUT2D eigenvalue weighted by molar-refractivity contribution is 0.0924. The normalized spacial score (nSPS) is 11.4.